The zero-order valence-electron chi connectivity index (χ0n) is 10.6. The minimum absolute atomic E-state index is 0.316. The molecule has 0 saturated carbocycles. The third kappa shape index (κ3) is 2.97. The van der Waals surface area contributed by atoms with Crippen molar-refractivity contribution < 1.29 is 4.42 Å². The van der Waals surface area contributed by atoms with E-state index in [4.69, 9.17) is 4.42 Å². The lowest BCUT2D eigenvalue weighted by Crippen LogP contribution is -2.23. The molecule has 1 N–H and O–H groups in total. The molecule has 0 radical (unpaired) electrons. The van der Waals surface area contributed by atoms with Crippen molar-refractivity contribution in [1.82, 2.24) is 14.9 Å². The molecule has 0 spiro atoms. The molecule has 0 fully saturated rings. The fraction of sp³-hybridized carbons (Fsp3) is 0.462. The van der Waals surface area contributed by atoms with Crippen LogP contribution in [0.1, 0.15) is 30.0 Å². The molecular weight excluding hydrogens is 214 g/mol. The number of imidazole rings is 1. The fourth-order valence-corrected chi connectivity index (χ4v) is 2.02. The second kappa shape index (κ2) is 5.19. The van der Waals surface area contributed by atoms with Gasteiger partial charge in [0.15, 0.2) is 0 Å². The third-order valence-electron chi connectivity index (χ3n) is 2.93. The summed E-state index contributed by atoms with van der Waals surface area (Å²) in [6.45, 7) is 8.00. The summed E-state index contributed by atoms with van der Waals surface area (Å²) in [5, 5.41) is 3.48. The van der Waals surface area contributed by atoms with Gasteiger partial charge in [-0.1, -0.05) is 0 Å². The average Bonchev–Trinajstić information content (AvgIpc) is 2.88. The highest BCUT2D eigenvalue weighted by atomic mass is 16.3. The number of aryl methyl sites for hydroxylation is 2. The number of aromatic nitrogens is 2. The summed E-state index contributed by atoms with van der Waals surface area (Å²) >= 11 is 0. The first-order valence-electron chi connectivity index (χ1n) is 5.93. The smallest absolute Gasteiger partial charge is 0.105 e. The molecule has 0 aliphatic carbocycles. The fourth-order valence-electron chi connectivity index (χ4n) is 2.02. The van der Waals surface area contributed by atoms with Crippen LogP contribution >= 0.6 is 0 Å². The largest absolute Gasteiger partial charge is 0.466 e. The minimum Gasteiger partial charge on any atom is -0.466 e. The van der Waals surface area contributed by atoms with Gasteiger partial charge in [0, 0.05) is 37.1 Å². The lowest BCUT2D eigenvalue weighted by atomic mass is 10.1. The molecule has 2 aromatic rings. The molecule has 4 nitrogen and oxygen atoms in total. The van der Waals surface area contributed by atoms with Gasteiger partial charge in [-0.25, -0.2) is 4.98 Å². The summed E-state index contributed by atoms with van der Waals surface area (Å²) in [5.41, 5.74) is 1.24. The lowest BCUT2D eigenvalue weighted by Gasteiger charge is -2.13. The molecule has 1 atom stereocenters. The van der Waals surface area contributed by atoms with Gasteiger partial charge in [-0.05, 0) is 26.8 Å². The Morgan fingerprint density at radius 1 is 1.47 bits per heavy atom. The second-order valence-electron chi connectivity index (χ2n) is 4.34. The molecule has 0 saturated heterocycles. The summed E-state index contributed by atoms with van der Waals surface area (Å²) in [5.74, 6) is 1.98. The first kappa shape index (κ1) is 11.9. The maximum Gasteiger partial charge on any atom is 0.105 e. The van der Waals surface area contributed by atoms with Crippen molar-refractivity contribution in [1.29, 1.82) is 0 Å². The molecular formula is C13H19N3O. The Kier molecular flexibility index (Phi) is 3.64. The highest BCUT2D eigenvalue weighted by molar-refractivity contribution is 5.23. The molecule has 2 rings (SSSR count). The van der Waals surface area contributed by atoms with E-state index in [9.17, 15) is 0 Å². The van der Waals surface area contributed by atoms with Crippen LogP contribution < -0.4 is 5.32 Å². The molecule has 0 bridgehead atoms. The van der Waals surface area contributed by atoms with Crippen molar-refractivity contribution in [2.45, 2.75) is 33.4 Å². The van der Waals surface area contributed by atoms with Gasteiger partial charge in [-0.15, -0.1) is 0 Å². The first-order chi connectivity index (χ1) is 8.16. The molecule has 2 aromatic heterocycles. The molecule has 17 heavy (non-hydrogen) atoms. The van der Waals surface area contributed by atoms with Crippen LogP contribution in [-0.2, 0) is 6.54 Å². The Labute approximate surface area is 102 Å². The van der Waals surface area contributed by atoms with Crippen molar-refractivity contribution in [3.63, 3.8) is 0 Å². The first-order valence-corrected chi connectivity index (χ1v) is 5.93. The Balaban J connectivity index is 1.85. The second-order valence-corrected chi connectivity index (χ2v) is 4.34. The summed E-state index contributed by atoms with van der Waals surface area (Å²) in [6, 6.07) is 2.42. The molecule has 0 aliphatic heterocycles. The van der Waals surface area contributed by atoms with Crippen LogP contribution in [0.25, 0.3) is 0 Å². The molecule has 2 heterocycles. The minimum atomic E-state index is 0.316. The molecule has 4 heteroatoms. The molecule has 0 aliphatic rings. The zero-order valence-corrected chi connectivity index (χ0v) is 10.6. The molecule has 92 valence electrons. The maximum absolute atomic E-state index is 5.53. The van der Waals surface area contributed by atoms with E-state index >= 15 is 0 Å². The van der Waals surface area contributed by atoms with E-state index in [1.807, 2.05) is 26.4 Å². The van der Waals surface area contributed by atoms with E-state index in [1.165, 1.54) is 5.56 Å². The Morgan fingerprint density at radius 3 is 2.88 bits per heavy atom. The van der Waals surface area contributed by atoms with Crippen molar-refractivity contribution in [2.24, 2.45) is 0 Å². The summed E-state index contributed by atoms with van der Waals surface area (Å²) in [4.78, 5) is 4.02. The Morgan fingerprint density at radius 2 is 2.29 bits per heavy atom. The number of hydrogen-bond acceptors (Lipinski definition) is 3. The van der Waals surface area contributed by atoms with Gasteiger partial charge in [0.2, 0.25) is 0 Å². The molecule has 0 amide bonds. The zero-order chi connectivity index (χ0) is 12.3. The van der Waals surface area contributed by atoms with Gasteiger partial charge in [0.05, 0.1) is 6.33 Å². The Bertz CT molecular complexity index is 459. The quantitative estimate of drug-likeness (QED) is 0.862. The van der Waals surface area contributed by atoms with E-state index in [0.717, 1.165) is 24.6 Å². The van der Waals surface area contributed by atoms with E-state index in [1.54, 1.807) is 6.20 Å². The van der Waals surface area contributed by atoms with Crippen LogP contribution in [0.4, 0.5) is 0 Å². The highest BCUT2D eigenvalue weighted by Crippen LogP contribution is 2.20. The SMILES string of the molecule is Cc1cc(C(C)NCCn2ccnc2)c(C)o1. The molecule has 1 unspecified atom stereocenters. The normalized spacial score (nSPS) is 12.9. The van der Waals surface area contributed by atoms with Gasteiger partial charge in [-0.2, -0.15) is 0 Å². The summed E-state index contributed by atoms with van der Waals surface area (Å²) < 4.78 is 7.60. The van der Waals surface area contributed by atoms with Gasteiger partial charge in [-0.3, -0.25) is 0 Å². The number of rotatable bonds is 5. The van der Waals surface area contributed by atoms with Crippen molar-refractivity contribution in [3.8, 4) is 0 Å². The number of nitrogens with one attached hydrogen (secondary N) is 1. The van der Waals surface area contributed by atoms with Crippen LogP contribution in [0.5, 0.6) is 0 Å². The third-order valence-corrected chi connectivity index (χ3v) is 2.93. The topological polar surface area (TPSA) is 43.0 Å². The monoisotopic (exact) mass is 233 g/mol. The van der Waals surface area contributed by atoms with Crippen LogP contribution in [0, 0.1) is 13.8 Å². The van der Waals surface area contributed by atoms with Crippen molar-refractivity contribution in [3.05, 3.63) is 41.9 Å². The predicted octanol–water partition coefficient (Wildman–Crippen LogP) is 2.44. The average molecular weight is 233 g/mol. The van der Waals surface area contributed by atoms with Gasteiger partial charge in [0.1, 0.15) is 11.5 Å². The van der Waals surface area contributed by atoms with Gasteiger partial charge < -0.3 is 14.3 Å². The van der Waals surface area contributed by atoms with E-state index in [2.05, 4.69) is 27.9 Å². The summed E-state index contributed by atoms with van der Waals surface area (Å²) in [6.07, 6.45) is 5.60. The van der Waals surface area contributed by atoms with E-state index < -0.39 is 0 Å². The van der Waals surface area contributed by atoms with E-state index in [-0.39, 0.29) is 0 Å². The van der Waals surface area contributed by atoms with Crippen LogP contribution in [0.15, 0.2) is 29.2 Å². The number of nitrogens with zero attached hydrogens (tertiary/aromatic N) is 2. The van der Waals surface area contributed by atoms with Crippen LogP contribution in [-0.4, -0.2) is 16.1 Å². The van der Waals surface area contributed by atoms with Gasteiger partial charge in [0.25, 0.3) is 0 Å². The van der Waals surface area contributed by atoms with Crippen LogP contribution in [0.3, 0.4) is 0 Å². The highest BCUT2D eigenvalue weighted by Gasteiger charge is 2.11. The maximum atomic E-state index is 5.53. The summed E-state index contributed by atoms with van der Waals surface area (Å²) in [7, 11) is 0. The van der Waals surface area contributed by atoms with Crippen LogP contribution in [0.2, 0.25) is 0 Å². The lowest BCUT2D eigenvalue weighted by molar-refractivity contribution is 0.484. The van der Waals surface area contributed by atoms with Crippen molar-refractivity contribution >= 4 is 0 Å². The standard InChI is InChI=1S/C13H19N3O/c1-10-8-13(12(3)17-10)11(2)15-5-7-16-6-4-14-9-16/h4,6,8-9,11,15H,5,7H2,1-3H3. The number of furan rings is 1. The molecule has 0 aromatic carbocycles. The van der Waals surface area contributed by atoms with Gasteiger partial charge >= 0.3 is 0 Å². The van der Waals surface area contributed by atoms with Crippen molar-refractivity contribution in [2.75, 3.05) is 6.54 Å². The predicted molar refractivity (Wildman–Crippen MR) is 66.8 cm³/mol. The number of hydrogen-bond donors (Lipinski definition) is 1. The van der Waals surface area contributed by atoms with E-state index in [0.29, 0.717) is 6.04 Å². The Hall–Kier alpha value is -1.55.